The Morgan fingerprint density at radius 3 is 2.83 bits per heavy atom. The molecule has 4 nitrogen and oxygen atoms in total. The van der Waals surface area contributed by atoms with E-state index in [1.807, 2.05) is 19.2 Å². The van der Waals surface area contributed by atoms with Crippen LogP contribution in [0.1, 0.15) is 18.1 Å². The summed E-state index contributed by atoms with van der Waals surface area (Å²) in [6.07, 6.45) is 6.02. The first-order valence-electron chi connectivity index (χ1n) is 5.80. The van der Waals surface area contributed by atoms with Gasteiger partial charge in [0.1, 0.15) is 16.4 Å². The number of hydrogen-bond donors (Lipinski definition) is 1. The highest BCUT2D eigenvalue weighted by atomic mass is 32.2. The molecule has 2 heterocycles. The van der Waals surface area contributed by atoms with Crippen LogP contribution in [0.15, 0.2) is 40.9 Å². The predicted molar refractivity (Wildman–Crippen MR) is 72.5 cm³/mol. The summed E-state index contributed by atoms with van der Waals surface area (Å²) in [7, 11) is 0. The van der Waals surface area contributed by atoms with Gasteiger partial charge in [0.2, 0.25) is 0 Å². The molecule has 2 N–H and O–H groups in total. The highest BCUT2D eigenvalue weighted by Crippen LogP contribution is 2.26. The van der Waals surface area contributed by atoms with E-state index in [9.17, 15) is 0 Å². The molecule has 0 aliphatic heterocycles. The second-order valence-electron chi connectivity index (χ2n) is 4.30. The predicted octanol–water partition coefficient (Wildman–Crippen LogP) is 2.22. The second-order valence-corrected chi connectivity index (χ2v) is 5.31. The van der Waals surface area contributed by atoms with Gasteiger partial charge in [-0.25, -0.2) is 15.0 Å². The van der Waals surface area contributed by atoms with E-state index in [-0.39, 0.29) is 6.04 Å². The Morgan fingerprint density at radius 2 is 2.22 bits per heavy atom. The monoisotopic (exact) mass is 260 g/mol. The molecule has 1 unspecified atom stereocenters. The molecule has 0 radical (unpaired) electrons. The minimum atomic E-state index is 0.159. The molecule has 0 amide bonds. The van der Waals surface area contributed by atoms with Crippen molar-refractivity contribution in [2.24, 2.45) is 5.73 Å². The van der Waals surface area contributed by atoms with Gasteiger partial charge in [-0.15, -0.1) is 0 Å². The van der Waals surface area contributed by atoms with E-state index in [0.29, 0.717) is 0 Å². The molecule has 0 bridgehead atoms. The molecular formula is C13H16N4S. The van der Waals surface area contributed by atoms with Crippen molar-refractivity contribution in [2.45, 2.75) is 36.4 Å². The van der Waals surface area contributed by atoms with Crippen molar-refractivity contribution in [3.63, 3.8) is 0 Å². The maximum Gasteiger partial charge on any atom is 0.116 e. The molecule has 5 heteroatoms. The molecule has 0 aromatic carbocycles. The molecule has 0 spiro atoms. The number of aryl methyl sites for hydroxylation is 1. The topological polar surface area (TPSA) is 64.7 Å². The van der Waals surface area contributed by atoms with Crippen molar-refractivity contribution < 1.29 is 0 Å². The molecule has 2 rings (SSSR count). The van der Waals surface area contributed by atoms with Gasteiger partial charge in [0.15, 0.2) is 0 Å². The van der Waals surface area contributed by atoms with Crippen molar-refractivity contribution >= 4 is 11.8 Å². The first-order chi connectivity index (χ1) is 8.65. The first kappa shape index (κ1) is 13.0. The molecule has 0 fully saturated rings. The lowest BCUT2D eigenvalue weighted by atomic mass is 10.1. The summed E-state index contributed by atoms with van der Waals surface area (Å²) in [5, 5.41) is 1.88. The van der Waals surface area contributed by atoms with Crippen molar-refractivity contribution in [3.05, 3.63) is 42.0 Å². The third-order valence-corrected chi connectivity index (χ3v) is 3.47. The fraction of sp³-hybridized carbons (Fsp3) is 0.308. The summed E-state index contributed by atoms with van der Waals surface area (Å²) in [5.41, 5.74) is 8.11. The van der Waals surface area contributed by atoms with Crippen molar-refractivity contribution in [1.29, 1.82) is 0 Å². The fourth-order valence-electron chi connectivity index (χ4n) is 1.65. The Hall–Kier alpha value is -1.46. The summed E-state index contributed by atoms with van der Waals surface area (Å²) in [6, 6.07) is 4.17. The van der Waals surface area contributed by atoms with Crippen LogP contribution in [0.25, 0.3) is 0 Å². The van der Waals surface area contributed by atoms with Gasteiger partial charge in [-0.3, -0.25) is 0 Å². The molecule has 0 aliphatic carbocycles. The van der Waals surface area contributed by atoms with Gasteiger partial charge in [0.25, 0.3) is 0 Å². The van der Waals surface area contributed by atoms with E-state index < -0.39 is 0 Å². The largest absolute Gasteiger partial charge is 0.328 e. The molecule has 2 aromatic rings. The lowest BCUT2D eigenvalue weighted by Gasteiger charge is -2.08. The highest BCUT2D eigenvalue weighted by molar-refractivity contribution is 7.99. The molecule has 0 saturated carbocycles. The summed E-state index contributed by atoms with van der Waals surface area (Å²) >= 11 is 1.55. The summed E-state index contributed by atoms with van der Waals surface area (Å²) in [5.74, 6) is 0. The zero-order chi connectivity index (χ0) is 13.0. The molecule has 18 heavy (non-hydrogen) atoms. The van der Waals surface area contributed by atoms with Gasteiger partial charge >= 0.3 is 0 Å². The second kappa shape index (κ2) is 5.93. The quantitative estimate of drug-likeness (QED) is 0.854. The van der Waals surface area contributed by atoms with Gasteiger partial charge in [-0.2, -0.15) is 0 Å². The van der Waals surface area contributed by atoms with Crippen LogP contribution in [0.4, 0.5) is 0 Å². The maximum atomic E-state index is 5.79. The maximum absolute atomic E-state index is 5.79. The Bertz CT molecular complexity index is 514. The number of nitrogens with zero attached hydrogens (tertiary/aromatic N) is 3. The number of pyridine rings is 1. The smallest absolute Gasteiger partial charge is 0.116 e. The van der Waals surface area contributed by atoms with Crippen LogP contribution in [-0.2, 0) is 6.42 Å². The third kappa shape index (κ3) is 3.51. The van der Waals surface area contributed by atoms with E-state index in [4.69, 9.17) is 5.73 Å². The van der Waals surface area contributed by atoms with Crippen LogP contribution in [0.2, 0.25) is 0 Å². The van der Waals surface area contributed by atoms with Gasteiger partial charge in [-0.1, -0.05) is 6.07 Å². The van der Waals surface area contributed by atoms with Gasteiger partial charge < -0.3 is 5.73 Å². The van der Waals surface area contributed by atoms with Gasteiger partial charge in [0.05, 0.1) is 0 Å². The van der Waals surface area contributed by atoms with Crippen molar-refractivity contribution in [3.8, 4) is 0 Å². The molecule has 2 aromatic heterocycles. The van der Waals surface area contributed by atoms with Crippen LogP contribution in [0.3, 0.4) is 0 Å². The van der Waals surface area contributed by atoms with Gasteiger partial charge in [0, 0.05) is 18.4 Å². The molecule has 0 saturated heterocycles. The van der Waals surface area contributed by atoms with Crippen LogP contribution in [0.5, 0.6) is 0 Å². The lowest BCUT2D eigenvalue weighted by molar-refractivity contribution is 0.733. The SMILES string of the molecule is Cc1cc(CC(C)N)cnc1Sc1ccncn1. The summed E-state index contributed by atoms with van der Waals surface area (Å²) < 4.78 is 0. The van der Waals surface area contributed by atoms with E-state index >= 15 is 0 Å². The Labute approximate surface area is 111 Å². The first-order valence-corrected chi connectivity index (χ1v) is 6.62. The standard InChI is InChI=1S/C13H16N4S/c1-9-5-11(6-10(2)14)7-16-13(9)18-12-3-4-15-8-17-12/h3-5,7-8,10H,6,14H2,1-2H3. The van der Waals surface area contributed by atoms with E-state index in [0.717, 1.165) is 22.0 Å². The fourth-order valence-corrected chi connectivity index (χ4v) is 2.40. The molecular weight excluding hydrogens is 244 g/mol. The molecule has 0 aliphatic rings. The summed E-state index contributed by atoms with van der Waals surface area (Å²) in [4.78, 5) is 12.5. The average molecular weight is 260 g/mol. The van der Waals surface area contributed by atoms with Crippen LogP contribution in [0, 0.1) is 6.92 Å². The minimum absolute atomic E-state index is 0.159. The third-order valence-electron chi connectivity index (χ3n) is 2.40. The zero-order valence-corrected chi connectivity index (χ0v) is 11.3. The number of rotatable bonds is 4. The zero-order valence-electron chi connectivity index (χ0n) is 10.5. The van der Waals surface area contributed by atoms with Crippen LogP contribution < -0.4 is 5.73 Å². The van der Waals surface area contributed by atoms with E-state index in [1.165, 1.54) is 5.56 Å². The average Bonchev–Trinajstić information content (AvgIpc) is 2.33. The van der Waals surface area contributed by atoms with E-state index in [2.05, 4.69) is 27.9 Å². The Morgan fingerprint density at radius 1 is 1.39 bits per heavy atom. The normalized spacial score (nSPS) is 12.4. The lowest BCUT2D eigenvalue weighted by Crippen LogP contribution is -2.17. The van der Waals surface area contributed by atoms with Crippen molar-refractivity contribution in [2.75, 3.05) is 0 Å². The van der Waals surface area contributed by atoms with Crippen LogP contribution >= 0.6 is 11.8 Å². The van der Waals surface area contributed by atoms with E-state index in [1.54, 1.807) is 24.3 Å². The minimum Gasteiger partial charge on any atom is -0.328 e. The van der Waals surface area contributed by atoms with Gasteiger partial charge in [-0.05, 0) is 49.2 Å². The Balaban J connectivity index is 2.15. The Kier molecular flexibility index (Phi) is 4.28. The summed E-state index contributed by atoms with van der Waals surface area (Å²) in [6.45, 7) is 4.06. The molecule has 94 valence electrons. The highest BCUT2D eigenvalue weighted by Gasteiger charge is 2.06. The number of hydrogen-bond acceptors (Lipinski definition) is 5. The molecule has 1 atom stereocenters. The van der Waals surface area contributed by atoms with Crippen LogP contribution in [-0.4, -0.2) is 21.0 Å². The number of nitrogens with two attached hydrogens (primary N) is 1. The van der Waals surface area contributed by atoms with Crippen molar-refractivity contribution in [1.82, 2.24) is 15.0 Å². The number of aromatic nitrogens is 3.